The molecule has 1 N–H and O–H groups in total. The Morgan fingerprint density at radius 1 is 1.17 bits per heavy atom. The number of aliphatic carboxylic acids is 1. The number of methoxy groups -OCH3 is 1. The van der Waals surface area contributed by atoms with Crippen LogP contribution in [0.1, 0.15) is 70.8 Å². The molecular weight excluding hydrogens is 460 g/mol. The number of allylic oxidation sites excluding steroid dienone is 2. The van der Waals surface area contributed by atoms with E-state index in [1.165, 1.54) is 0 Å². The Bertz CT molecular complexity index is 909. The SMILES string of the molecule is C/C=C(\CCC1C(C(=O)O)C(c2ccc3c(c2)OCO3)CN1CC(=O)N(CCCC)CCCC)OC. The van der Waals surface area contributed by atoms with Crippen molar-refractivity contribution in [2.24, 2.45) is 5.92 Å². The molecule has 0 aliphatic carbocycles. The van der Waals surface area contributed by atoms with E-state index in [1.807, 2.05) is 36.1 Å². The van der Waals surface area contributed by atoms with Gasteiger partial charge < -0.3 is 24.2 Å². The van der Waals surface area contributed by atoms with Crippen LogP contribution in [0.15, 0.2) is 30.0 Å². The maximum Gasteiger partial charge on any atom is 0.308 e. The summed E-state index contributed by atoms with van der Waals surface area (Å²) in [4.78, 5) is 30.1. The summed E-state index contributed by atoms with van der Waals surface area (Å²) in [6.07, 6.45) is 7.12. The maximum absolute atomic E-state index is 13.4. The van der Waals surface area contributed by atoms with Gasteiger partial charge in [-0.15, -0.1) is 0 Å². The van der Waals surface area contributed by atoms with Crippen LogP contribution < -0.4 is 9.47 Å². The fraction of sp³-hybridized carbons (Fsp3) is 0.643. The van der Waals surface area contributed by atoms with Gasteiger partial charge in [0, 0.05) is 38.0 Å². The molecule has 3 atom stereocenters. The Balaban J connectivity index is 1.87. The van der Waals surface area contributed by atoms with Crippen molar-refractivity contribution in [1.82, 2.24) is 9.80 Å². The number of likely N-dealkylation sites (tertiary alicyclic amines) is 1. The maximum atomic E-state index is 13.4. The Morgan fingerprint density at radius 2 is 1.86 bits per heavy atom. The molecule has 2 heterocycles. The van der Waals surface area contributed by atoms with Gasteiger partial charge in [0.05, 0.1) is 25.3 Å². The lowest BCUT2D eigenvalue weighted by Crippen LogP contribution is -2.44. The highest BCUT2D eigenvalue weighted by molar-refractivity contribution is 5.79. The normalized spacial score (nSPS) is 21.6. The third-order valence-electron chi connectivity index (χ3n) is 7.38. The van der Waals surface area contributed by atoms with Crippen molar-refractivity contribution in [2.75, 3.05) is 40.1 Å². The van der Waals surface area contributed by atoms with Gasteiger partial charge >= 0.3 is 5.97 Å². The summed E-state index contributed by atoms with van der Waals surface area (Å²) < 4.78 is 16.5. The van der Waals surface area contributed by atoms with E-state index in [-0.39, 0.29) is 31.2 Å². The second-order valence-corrected chi connectivity index (χ2v) is 9.67. The number of rotatable bonds is 14. The van der Waals surface area contributed by atoms with E-state index in [0.29, 0.717) is 30.9 Å². The van der Waals surface area contributed by atoms with Crippen molar-refractivity contribution in [3.05, 3.63) is 35.6 Å². The predicted molar refractivity (Wildman–Crippen MR) is 138 cm³/mol. The quantitative estimate of drug-likeness (QED) is 0.371. The van der Waals surface area contributed by atoms with Gasteiger partial charge in [-0.3, -0.25) is 14.5 Å². The van der Waals surface area contributed by atoms with Crippen LogP contribution in [0.4, 0.5) is 0 Å². The predicted octanol–water partition coefficient (Wildman–Crippen LogP) is 4.64. The largest absolute Gasteiger partial charge is 0.501 e. The van der Waals surface area contributed by atoms with Crippen LogP contribution in [0.25, 0.3) is 0 Å². The molecule has 1 amide bonds. The summed E-state index contributed by atoms with van der Waals surface area (Å²) in [5.74, 6) is 0.473. The van der Waals surface area contributed by atoms with E-state index < -0.39 is 11.9 Å². The van der Waals surface area contributed by atoms with Crippen molar-refractivity contribution in [3.8, 4) is 11.5 Å². The summed E-state index contributed by atoms with van der Waals surface area (Å²) in [5.41, 5.74) is 0.901. The van der Waals surface area contributed by atoms with Crippen LogP contribution in [0, 0.1) is 5.92 Å². The van der Waals surface area contributed by atoms with Crippen molar-refractivity contribution >= 4 is 11.9 Å². The molecule has 0 bridgehead atoms. The van der Waals surface area contributed by atoms with E-state index in [4.69, 9.17) is 14.2 Å². The van der Waals surface area contributed by atoms with E-state index in [0.717, 1.165) is 50.1 Å². The summed E-state index contributed by atoms with van der Waals surface area (Å²) in [6.45, 7) is 8.55. The molecule has 8 nitrogen and oxygen atoms in total. The lowest BCUT2D eigenvalue weighted by atomic mass is 9.83. The molecule has 0 saturated carbocycles. The highest BCUT2D eigenvalue weighted by Crippen LogP contribution is 2.43. The van der Waals surface area contributed by atoms with Crippen LogP contribution in [-0.2, 0) is 14.3 Å². The smallest absolute Gasteiger partial charge is 0.308 e. The molecule has 3 unspecified atom stereocenters. The first kappa shape index (κ1) is 27.8. The van der Waals surface area contributed by atoms with Crippen molar-refractivity contribution < 1.29 is 28.9 Å². The molecule has 36 heavy (non-hydrogen) atoms. The van der Waals surface area contributed by atoms with Gasteiger partial charge in [-0.1, -0.05) is 32.8 Å². The molecule has 0 spiro atoms. The summed E-state index contributed by atoms with van der Waals surface area (Å²) in [5, 5.41) is 10.4. The first-order valence-electron chi connectivity index (χ1n) is 13.3. The number of hydrogen-bond acceptors (Lipinski definition) is 6. The molecule has 2 aliphatic rings. The van der Waals surface area contributed by atoms with Gasteiger partial charge in [0.2, 0.25) is 12.7 Å². The van der Waals surface area contributed by atoms with E-state index in [2.05, 4.69) is 18.7 Å². The molecular formula is C28H42N2O6. The zero-order valence-corrected chi connectivity index (χ0v) is 22.2. The van der Waals surface area contributed by atoms with Gasteiger partial charge in [-0.05, 0) is 50.0 Å². The van der Waals surface area contributed by atoms with E-state index in [1.54, 1.807) is 7.11 Å². The first-order chi connectivity index (χ1) is 17.4. The molecule has 1 aromatic rings. The molecule has 1 fully saturated rings. The lowest BCUT2D eigenvalue weighted by Gasteiger charge is -2.30. The number of carboxylic acids is 1. The van der Waals surface area contributed by atoms with Crippen molar-refractivity contribution in [1.29, 1.82) is 0 Å². The summed E-state index contributed by atoms with van der Waals surface area (Å²) >= 11 is 0. The number of unbranched alkanes of at least 4 members (excludes halogenated alkanes) is 2. The average Bonchev–Trinajstić information content (AvgIpc) is 3.49. The van der Waals surface area contributed by atoms with Crippen molar-refractivity contribution in [3.63, 3.8) is 0 Å². The molecule has 200 valence electrons. The minimum Gasteiger partial charge on any atom is -0.501 e. The Morgan fingerprint density at radius 3 is 2.47 bits per heavy atom. The fourth-order valence-electron chi connectivity index (χ4n) is 5.32. The third kappa shape index (κ3) is 6.72. The first-order valence-corrected chi connectivity index (χ1v) is 13.3. The Kier molecular flexibility index (Phi) is 10.5. The molecule has 8 heteroatoms. The molecule has 0 radical (unpaired) electrons. The lowest BCUT2D eigenvalue weighted by molar-refractivity contribution is -0.143. The zero-order valence-electron chi connectivity index (χ0n) is 22.2. The number of carbonyl (C=O) groups is 2. The monoisotopic (exact) mass is 502 g/mol. The Hall–Kier alpha value is -2.74. The summed E-state index contributed by atoms with van der Waals surface area (Å²) in [6, 6.07) is 5.38. The van der Waals surface area contributed by atoms with Crippen LogP contribution in [-0.4, -0.2) is 72.9 Å². The number of hydrogen-bond donors (Lipinski definition) is 1. The molecule has 0 aromatic heterocycles. The van der Waals surface area contributed by atoms with Crippen LogP contribution in [0.5, 0.6) is 11.5 Å². The standard InChI is InChI=1S/C28H42N2O6/c1-5-8-14-29(15-9-6-2)26(31)18-30-17-22(20-10-13-24-25(16-20)36-19-35-24)27(28(32)33)23(30)12-11-21(7-3)34-4/h7,10,13,16,22-23,27H,5-6,8-9,11-12,14-15,17-19H2,1-4H3,(H,32,33)/b21-7+. The Labute approximate surface area is 215 Å². The van der Waals surface area contributed by atoms with Crippen LogP contribution in [0.2, 0.25) is 0 Å². The van der Waals surface area contributed by atoms with Crippen LogP contribution in [0.3, 0.4) is 0 Å². The average molecular weight is 503 g/mol. The number of benzene rings is 1. The molecule has 3 rings (SSSR count). The van der Waals surface area contributed by atoms with Gasteiger partial charge in [-0.25, -0.2) is 0 Å². The van der Waals surface area contributed by atoms with E-state index in [9.17, 15) is 14.7 Å². The van der Waals surface area contributed by atoms with Gasteiger partial charge in [0.25, 0.3) is 0 Å². The summed E-state index contributed by atoms with van der Waals surface area (Å²) in [7, 11) is 1.63. The fourth-order valence-corrected chi connectivity index (χ4v) is 5.32. The second kappa shape index (κ2) is 13.5. The van der Waals surface area contributed by atoms with Gasteiger partial charge in [0.15, 0.2) is 11.5 Å². The second-order valence-electron chi connectivity index (χ2n) is 9.67. The topological polar surface area (TPSA) is 88.5 Å². The number of carboxylic acid groups (broad SMARTS) is 1. The number of nitrogens with zero attached hydrogens (tertiary/aromatic N) is 2. The zero-order chi connectivity index (χ0) is 26.1. The molecule has 1 aromatic carbocycles. The molecule has 2 aliphatic heterocycles. The number of ether oxygens (including phenoxy) is 3. The van der Waals surface area contributed by atoms with E-state index >= 15 is 0 Å². The highest BCUT2D eigenvalue weighted by Gasteiger charge is 2.47. The van der Waals surface area contributed by atoms with Crippen molar-refractivity contribution in [2.45, 2.75) is 71.3 Å². The van der Waals surface area contributed by atoms with Crippen LogP contribution >= 0.6 is 0 Å². The number of amides is 1. The van der Waals surface area contributed by atoms with Gasteiger partial charge in [0.1, 0.15) is 0 Å². The third-order valence-corrected chi connectivity index (χ3v) is 7.38. The number of fused-ring (bicyclic) bond motifs is 1. The van der Waals surface area contributed by atoms with Gasteiger partial charge in [-0.2, -0.15) is 0 Å². The molecule has 1 saturated heterocycles. The highest BCUT2D eigenvalue weighted by atomic mass is 16.7. The minimum atomic E-state index is -0.842. The number of carbonyl (C=O) groups excluding carboxylic acids is 1. The minimum absolute atomic E-state index is 0.0791.